The van der Waals surface area contributed by atoms with Crippen LogP contribution >= 0.6 is 0 Å². The van der Waals surface area contributed by atoms with Gasteiger partial charge in [-0.05, 0) is 65.0 Å². The molecule has 5 heteroatoms. The van der Waals surface area contributed by atoms with Crippen LogP contribution in [0.3, 0.4) is 0 Å². The Hall–Kier alpha value is -3.60. The van der Waals surface area contributed by atoms with Crippen molar-refractivity contribution in [3.05, 3.63) is 81.1 Å². The minimum Gasteiger partial charge on any atom is -0.436 e. The van der Waals surface area contributed by atoms with Crippen LogP contribution in [0.4, 0.5) is 5.69 Å². The van der Waals surface area contributed by atoms with Gasteiger partial charge in [0.05, 0.1) is 0 Å². The molecule has 0 saturated carbocycles. The highest BCUT2D eigenvalue weighted by Crippen LogP contribution is 2.50. The average molecular weight is 479 g/mol. The van der Waals surface area contributed by atoms with Gasteiger partial charge in [0, 0.05) is 29.7 Å². The van der Waals surface area contributed by atoms with Crippen molar-refractivity contribution in [2.24, 2.45) is 5.41 Å². The maximum atomic E-state index is 13.4. The van der Waals surface area contributed by atoms with E-state index >= 15 is 0 Å². The number of oxazole rings is 1. The van der Waals surface area contributed by atoms with Gasteiger partial charge >= 0.3 is 5.63 Å². The fraction of sp³-hybridized carbons (Fsp3) is 0.355. The van der Waals surface area contributed by atoms with Gasteiger partial charge in [0.1, 0.15) is 16.8 Å². The third-order valence-electron chi connectivity index (χ3n) is 8.11. The van der Waals surface area contributed by atoms with Gasteiger partial charge in [-0.1, -0.05) is 58.1 Å². The third-order valence-corrected chi connectivity index (χ3v) is 8.11. The van der Waals surface area contributed by atoms with E-state index in [9.17, 15) is 4.79 Å². The lowest BCUT2D eigenvalue weighted by atomic mass is 9.71. The Kier molecular flexibility index (Phi) is 4.34. The van der Waals surface area contributed by atoms with Crippen molar-refractivity contribution in [2.45, 2.75) is 52.4 Å². The van der Waals surface area contributed by atoms with Gasteiger partial charge in [-0.3, -0.25) is 0 Å². The van der Waals surface area contributed by atoms with Gasteiger partial charge in [0.15, 0.2) is 5.76 Å². The second-order valence-corrected chi connectivity index (χ2v) is 12.1. The van der Waals surface area contributed by atoms with E-state index in [1.165, 1.54) is 22.4 Å². The summed E-state index contributed by atoms with van der Waals surface area (Å²) in [6, 6.07) is 4.15. The zero-order valence-corrected chi connectivity index (χ0v) is 21.3. The molecular weight excluding hydrogens is 448 g/mol. The van der Waals surface area contributed by atoms with Gasteiger partial charge in [0.25, 0.3) is 0 Å². The normalized spacial score (nSPS) is 20.8. The topological polar surface area (TPSA) is 59.5 Å². The van der Waals surface area contributed by atoms with E-state index in [2.05, 4.69) is 56.9 Å². The Bertz CT molecular complexity index is 1640. The average Bonchev–Trinajstić information content (AvgIpc) is 2.99. The van der Waals surface area contributed by atoms with Gasteiger partial charge < -0.3 is 13.7 Å². The molecule has 2 aliphatic carbocycles. The highest BCUT2D eigenvalue weighted by Gasteiger charge is 2.41. The van der Waals surface area contributed by atoms with Crippen molar-refractivity contribution < 1.29 is 8.83 Å². The van der Waals surface area contributed by atoms with Crippen molar-refractivity contribution in [2.75, 3.05) is 18.0 Å². The number of hydrogen-bond donors (Lipinski definition) is 0. The first-order valence-corrected chi connectivity index (χ1v) is 12.8. The quantitative estimate of drug-likeness (QED) is 0.359. The number of allylic oxidation sites excluding steroid dienone is 7. The number of rotatable bonds is 1. The molecule has 2 bridgehead atoms. The summed E-state index contributed by atoms with van der Waals surface area (Å²) in [6.45, 7) is 11.3. The molecule has 0 saturated heterocycles. The largest absolute Gasteiger partial charge is 0.436 e. The highest BCUT2D eigenvalue weighted by molar-refractivity contribution is 5.91. The van der Waals surface area contributed by atoms with Crippen molar-refractivity contribution in [1.82, 2.24) is 4.98 Å². The number of fused-ring (bicyclic) bond motifs is 6. The minimum atomic E-state index is -0.404. The molecule has 0 N–H and O–H groups in total. The molecule has 0 atom stereocenters. The maximum absolute atomic E-state index is 13.4. The Balaban J connectivity index is 1.44. The second kappa shape index (κ2) is 7.22. The molecule has 2 aromatic heterocycles. The van der Waals surface area contributed by atoms with Crippen LogP contribution in [-0.4, -0.2) is 18.1 Å². The van der Waals surface area contributed by atoms with E-state index in [0.29, 0.717) is 22.8 Å². The Labute approximate surface area is 210 Å². The molecule has 7 rings (SSSR count). The molecule has 182 valence electrons. The van der Waals surface area contributed by atoms with E-state index in [0.717, 1.165) is 49.0 Å². The fourth-order valence-electron chi connectivity index (χ4n) is 6.42. The summed E-state index contributed by atoms with van der Waals surface area (Å²) in [5.74, 6) is 0.989. The molecule has 5 nitrogen and oxygen atoms in total. The van der Waals surface area contributed by atoms with E-state index in [4.69, 9.17) is 13.8 Å². The monoisotopic (exact) mass is 478 g/mol. The van der Waals surface area contributed by atoms with E-state index in [1.54, 1.807) is 0 Å². The molecule has 0 amide bonds. The summed E-state index contributed by atoms with van der Waals surface area (Å²) in [6.07, 6.45) is 15.0. The van der Waals surface area contributed by atoms with Crippen LogP contribution in [0.5, 0.6) is 0 Å². The van der Waals surface area contributed by atoms with Crippen LogP contribution in [0.1, 0.15) is 63.1 Å². The standard InChI is InChI=1S/C31H30N2O3/c1-30(2)16-21-14-20-15-22(28-32-25-19-8-6-5-7-18(13-19)9-10-23(25)35-28)29(34)36-27(20)24-26(21)33(17-30)12-11-31(24,3)4/h5-10,14-15H,11-13,16-17H2,1-4H3. The van der Waals surface area contributed by atoms with E-state index in [1.807, 2.05) is 24.3 Å². The SMILES string of the molecule is CC1(C)Cc2cc3cc(-c4nc5c(o4)C=CC4=CC=CC=C5C4)c(=O)oc3c3c2N(CCC3(C)C)C1. The smallest absolute Gasteiger partial charge is 0.349 e. The lowest BCUT2D eigenvalue weighted by Gasteiger charge is -2.48. The van der Waals surface area contributed by atoms with Crippen molar-refractivity contribution in [1.29, 1.82) is 0 Å². The number of nitrogens with zero attached hydrogens (tertiary/aromatic N) is 2. The second-order valence-electron chi connectivity index (χ2n) is 12.1. The lowest BCUT2D eigenvalue weighted by molar-refractivity contribution is 0.327. The molecule has 3 aromatic rings. The molecule has 2 aliphatic heterocycles. The Morgan fingerprint density at radius 1 is 1.03 bits per heavy atom. The molecule has 1 aromatic carbocycles. The van der Waals surface area contributed by atoms with Crippen LogP contribution in [0, 0.1) is 5.41 Å². The highest BCUT2D eigenvalue weighted by atomic mass is 16.4. The molecule has 0 radical (unpaired) electrons. The fourth-order valence-corrected chi connectivity index (χ4v) is 6.42. The van der Waals surface area contributed by atoms with Crippen LogP contribution in [-0.2, 0) is 11.8 Å². The number of benzene rings is 1. The number of aromatic nitrogens is 1. The van der Waals surface area contributed by atoms with Gasteiger partial charge in [-0.15, -0.1) is 0 Å². The zero-order chi connectivity index (χ0) is 24.8. The van der Waals surface area contributed by atoms with Gasteiger partial charge in [0.2, 0.25) is 5.89 Å². The van der Waals surface area contributed by atoms with Crippen LogP contribution in [0.15, 0.2) is 61.7 Å². The summed E-state index contributed by atoms with van der Waals surface area (Å²) >= 11 is 0. The first kappa shape index (κ1) is 21.7. The number of hydrogen-bond acceptors (Lipinski definition) is 5. The predicted molar refractivity (Wildman–Crippen MR) is 144 cm³/mol. The van der Waals surface area contributed by atoms with Crippen LogP contribution in [0.25, 0.3) is 34.1 Å². The van der Waals surface area contributed by atoms with Crippen molar-refractivity contribution >= 4 is 28.3 Å². The van der Waals surface area contributed by atoms with E-state index in [-0.39, 0.29) is 10.8 Å². The lowest BCUT2D eigenvalue weighted by Crippen LogP contribution is -2.46. The summed E-state index contributed by atoms with van der Waals surface area (Å²) in [5, 5.41) is 0.941. The summed E-state index contributed by atoms with van der Waals surface area (Å²) in [7, 11) is 0. The number of anilines is 1. The molecule has 4 heterocycles. The molecule has 0 fully saturated rings. The predicted octanol–water partition coefficient (Wildman–Crippen LogP) is 6.81. The molecular formula is C31H30N2O3. The Morgan fingerprint density at radius 3 is 2.72 bits per heavy atom. The molecule has 0 unspecified atom stereocenters. The molecule has 36 heavy (non-hydrogen) atoms. The summed E-state index contributed by atoms with van der Waals surface area (Å²) in [5.41, 5.74) is 7.64. The zero-order valence-electron chi connectivity index (χ0n) is 21.3. The first-order valence-electron chi connectivity index (χ1n) is 12.8. The van der Waals surface area contributed by atoms with Crippen molar-refractivity contribution in [3.8, 4) is 11.5 Å². The van der Waals surface area contributed by atoms with Crippen LogP contribution in [0.2, 0.25) is 0 Å². The summed E-state index contributed by atoms with van der Waals surface area (Å²) < 4.78 is 12.3. The molecule has 0 spiro atoms. The Morgan fingerprint density at radius 2 is 1.86 bits per heavy atom. The summed E-state index contributed by atoms with van der Waals surface area (Å²) in [4.78, 5) is 20.7. The van der Waals surface area contributed by atoms with Crippen molar-refractivity contribution in [3.63, 3.8) is 0 Å². The maximum Gasteiger partial charge on any atom is 0.349 e. The van der Waals surface area contributed by atoms with Gasteiger partial charge in [-0.25, -0.2) is 9.78 Å². The van der Waals surface area contributed by atoms with Gasteiger partial charge in [-0.2, -0.15) is 0 Å². The van der Waals surface area contributed by atoms with Crippen LogP contribution < -0.4 is 10.5 Å². The van der Waals surface area contributed by atoms with E-state index < -0.39 is 5.63 Å². The first-order chi connectivity index (χ1) is 17.2. The molecule has 4 aliphatic rings. The minimum absolute atomic E-state index is 0.0746. The third kappa shape index (κ3) is 3.22.